The number of esters is 1. The molecular weight excluding hydrogens is 464 g/mol. The highest BCUT2D eigenvalue weighted by Gasteiger charge is 2.17. The summed E-state index contributed by atoms with van der Waals surface area (Å²) in [6.07, 6.45) is 9.53. The summed E-state index contributed by atoms with van der Waals surface area (Å²) in [5.74, 6) is -0.806. The first-order valence-corrected chi connectivity index (χ1v) is 10.8. The van der Waals surface area contributed by atoms with Crippen molar-refractivity contribution in [3.8, 4) is 16.9 Å². The van der Waals surface area contributed by atoms with Gasteiger partial charge in [0.25, 0.3) is 11.5 Å². The average Bonchev–Trinajstić information content (AvgIpc) is 3.57. The summed E-state index contributed by atoms with van der Waals surface area (Å²) in [5, 5.41) is 15.4. The van der Waals surface area contributed by atoms with E-state index in [1.54, 1.807) is 62.2 Å². The van der Waals surface area contributed by atoms with Crippen molar-refractivity contribution in [2.45, 2.75) is 6.54 Å². The zero-order valence-electron chi connectivity index (χ0n) is 19.3. The van der Waals surface area contributed by atoms with Gasteiger partial charge in [0, 0.05) is 43.3 Å². The van der Waals surface area contributed by atoms with Crippen LogP contribution in [0.1, 0.15) is 26.3 Å². The molecule has 0 aliphatic carbocycles. The summed E-state index contributed by atoms with van der Waals surface area (Å²) in [6.45, 7) is 0.110. The number of hydrogen-bond donors (Lipinski definition) is 1. The number of amides is 1. The second kappa shape index (κ2) is 9.25. The van der Waals surface area contributed by atoms with Crippen LogP contribution in [-0.4, -0.2) is 53.1 Å². The summed E-state index contributed by atoms with van der Waals surface area (Å²) in [5.41, 5.74) is 3.24. The van der Waals surface area contributed by atoms with Crippen molar-refractivity contribution >= 4 is 17.4 Å². The van der Waals surface area contributed by atoms with Gasteiger partial charge in [0.2, 0.25) is 0 Å². The van der Waals surface area contributed by atoms with E-state index in [0.717, 1.165) is 5.56 Å². The summed E-state index contributed by atoms with van der Waals surface area (Å²) < 4.78 is 9.11. The number of rotatable bonds is 6. The van der Waals surface area contributed by atoms with E-state index in [4.69, 9.17) is 4.74 Å². The third kappa shape index (κ3) is 4.11. The minimum atomic E-state index is -0.430. The lowest BCUT2D eigenvalue weighted by Gasteiger charge is -2.09. The fourth-order valence-corrected chi connectivity index (χ4v) is 3.71. The van der Waals surface area contributed by atoms with Crippen LogP contribution in [-0.2, 0) is 18.3 Å². The Balaban J connectivity index is 1.38. The standard InChI is InChI=1S/C24H20N8O4/c1-30-9-10-31-21(23(30)34)17(12-27-31)11-26-22(33)18-7-8-25-13-20(18)32-14-19(28-29-32)15-3-5-16(6-4-15)24(35)36-2/h3-10,12-14H,11H2,1-2H3,(H,26,33). The van der Waals surface area contributed by atoms with Crippen LogP contribution < -0.4 is 10.9 Å². The van der Waals surface area contributed by atoms with Crippen molar-refractivity contribution in [3.05, 3.63) is 94.6 Å². The molecule has 1 N–H and O–H groups in total. The fraction of sp³-hybridized carbons (Fsp3) is 0.125. The van der Waals surface area contributed by atoms with Gasteiger partial charge >= 0.3 is 5.97 Å². The number of fused-ring (bicyclic) bond motifs is 1. The lowest BCUT2D eigenvalue weighted by Crippen LogP contribution is -2.26. The maximum absolute atomic E-state index is 13.1. The number of pyridine rings is 1. The molecule has 0 unspecified atom stereocenters. The molecule has 36 heavy (non-hydrogen) atoms. The molecule has 5 rings (SSSR count). The molecule has 0 spiro atoms. The van der Waals surface area contributed by atoms with E-state index in [1.807, 2.05) is 0 Å². The quantitative estimate of drug-likeness (QED) is 0.357. The number of aryl methyl sites for hydroxylation is 1. The Morgan fingerprint density at radius 3 is 2.67 bits per heavy atom. The molecule has 0 saturated carbocycles. The predicted molar refractivity (Wildman–Crippen MR) is 128 cm³/mol. The number of aromatic nitrogens is 7. The van der Waals surface area contributed by atoms with Crippen LogP contribution in [0, 0.1) is 0 Å². The number of hydrogen-bond acceptors (Lipinski definition) is 8. The Morgan fingerprint density at radius 1 is 1.08 bits per heavy atom. The molecule has 0 fully saturated rings. The third-order valence-electron chi connectivity index (χ3n) is 5.65. The SMILES string of the molecule is COC(=O)c1ccc(-c2cn(-c3cnccc3C(=O)NCc3cnn4ccn(C)c(=O)c34)nn2)cc1. The first-order chi connectivity index (χ1) is 17.5. The summed E-state index contributed by atoms with van der Waals surface area (Å²) in [6, 6.07) is 8.32. The highest BCUT2D eigenvalue weighted by Crippen LogP contribution is 2.20. The van der Waals surface area contributed by atoms with Crippen LogP contribution in [0.15, 0.2) is 72.3 Å². The molecule has 0 radical (unpaired) electrons. The topological polar surface area (TPSA) is 138 Å². The second-order valence-corrected chi connectivity index (χ2v) is 7.87. The molecule has 1 aromatic carbocycles. The van der Waals surface area contributed by atoms with Crippen molar-refractivity contribution < 1.29 is 14.3 Å². The number of methoxy groups -OCH3 is 1. The molecule has 0 atom stereocenters. The molecule has 12 nitrogen and oxygen atoms in total. The Kier molecular flexibility index (Phi) is 5.82. The van der Waals surface area contributed by atoms with Crippen LogP contribution in [0.2, 0.25) is 0 Å². The van der Waals surface area contributed by atoms with E-state index in [1.165, 1.54) is 33.3 Å². The zero-order chi connectivity index (χ0) is 25.2. The first kappa shape index (κ1) is 22.7. The van der Waals surface area contributed by atoms with E-state index in [0.29, 0.717) is 33.6 Å². The highest BCUT2D eigenvalue weighted by molar-refractivity contribution is 5.97. The van der Waals surface area contributed by atoms with E-state index in [2.05, 4.69) is 25.7 Å². The van der Waals surface area contributed by atoms with Crippen molar-refractivity contribution in [3.63, 3.8) is 0 Å². The van der Waals surface area contributed by atoms with Crippen molar-refractivity contribution in [1.82, 2.24) is 39.5 Å². The van der Waals surface area contributed by atoms with Crippen molar-refractivity contribution in [2.24, 2.45) is 7.05 Å². The molecule has 0 bridgehead atoms. The van der Waals surface area contributed by atoms with Crippen molar-refractivity contribution in [2.75, 3.05) is 7.11 Å². The van der Waals surface area contributed by atoms with Gasteiger partial charge < -0.3 is 14.6 Å². The smallest absolute Gasteiger partial charge is 0.337 e. The van der Waals surface area contributed by atoms with Gasteiger partial charge in [0.15, 0.2) is 0 Å². The predicted octanol–water partition coefficient (Wildman–Crippen LogP) is 1.39. The van der Waals surface area contributed by atoms with E-state index >= 15 is 0 Å². The summed E-state index contributed by atoms with van der Waals surface area (Å²) >= 11 is 0. The molecular formula is C24H20N8O4. The Hall–Kier alpha value is -5.13. The van der Waals surface area contributed by atoms with Crippen LogP contribution in [0.25, 0.3) is 22.5 Å². The van der Waals surface area contributed by atoms with Crippen LogP contribution in [0.4, 0.5) is 0 Å². The first-order valence-electron chi connectivity index (χ1n) is 10.8. The van der Waals surface area contributed by atoms with Gasteiger partial charge in [-0.2, -0.15) is 5.10 Å². The van der Waals surface area contributed by atoms with Crippen LogP contribution >= 0.6 is 0 Å². The Labute approximate surface area is 203 Å². The monoisotopic (exact) mass is 484 g/mol. The maximum atomic E-state index is 13.1. The maximum Gasteiger partial charge on any atom is 0.337 e. The normalized spacial score (nSPS) is 10.9. The Morgan fingerprint density at radius 2 is 1.89 bits per heavy atom. The zero-order valence-corrected chi connectivity index (χ0v) is 19.3. The number of nitrogens with zero attached hydrogens (tertiary/aromatic N) is 7. The van der Waals surface area contributed by atoms with Crippen LogP contribution in [0.3, 0.4) is 0 Å². The number of carbonyl (C=O) groups excluding carboxylic acids is 2. The molecule has 5 aromatic rings. The minimum absolute atomic E-state index is 0.110. The van der Waals surface area contributed by atoms with E-state index in [9.17, 15) is 14.4 Å². The number of ether oxygens (including phenoxy) is 1. The van der Waals surface area contributed by atoms with Gasteiger partial charge in [0.05, 0.1) is 42.5 Å². The average molecular weight is 484 g/mol. The molecule has 12 heteroatoms. The van der Waals surface area contributed by atoms with Gasteiger partial charge in [-0.15, -0.1) is 5.10 Å². The fourth-order valence-electron chi connectivity index (χ4n) is 3.71. The second-order valence-electron chi connectivity index (χ2n) is 7.87. The van der Waals surface area contributed by atoms with Gasteiger partial charge in [-0.25, -0.2) is 14.0 Å². The van der Waals surface area contributed by atoms with Crippen LogP contribution in [0.5, 0.6) is 0 Å². The number of nitrogens with one attached hydrogen (secondary N) is 1. The lowest BCUT2D eigenvalue weighted by atomic mass is 10.1. The van der Waals surface area contributed by atoms with Crippen molar-refractivity contribution in [1.29, 1.82) is 0 Å². The molecule has 1 amide bonds. The number of benzene rings is 1. The van der Waals surface area contributed by atoms with E-state index < -0.39 is 5.97 Å². The largest absolute Gasteiger partial charge is 0.465 e. The van der Waals surface area contributed by atoms with Gasteiger partial charge in [-0.1, -0.05) is 17.3 Å². The molecule has 0 aliphatic heterocycles. The van der Waals surface area contributed by atoms with E-state index in [-0.39, 0.29) is 18.0 Å². The lowest BCUT2D eigenvalue weighted by molar-refractivity contribution is 0.0600. The molecule has 4 heterocycles. The summed E-state index contributed by atoms with van der Waals surface area (Å²) in [7, 11) is 2.98. The molecule has 4 aromatic heterocycles. The molecule has 0 aliphatic rings. The number of carbonyl (C=O) groups is 2. The third-order valence-corrected chi connectivity index (χ3v) is 5.65. The molecule has 180 valence electrons. The highest BCUT2D eigenvalue weighted by atomic mass is 16.5. The molecule has 0 saturated heterocycles. The van der Waals surface area contributed by atoms with Gasteiger partial charge in [-0.3, -0.25) is 14.6 Å². The van der Waals surface area contributed by atoms with Gasteiger partial charge in [-0.05, 0) is 18.2 Å². The summed E-state index contributed by atoms with van der Waals surface area (Å²) in [4.78, 5) is 41.3. The minimum Gasteiger partial charge on any atom is -0.465 e. The van der Waals surface area contributed by atoms with Gasteiger partial charge in [0.1, 0.15) is 11.2 Å². The Bertz CT molecular complexity index is 1650.